The van der Waals surface area contributed by atoms with Gasteiger partial charge in [0.15, 0.2) is 0 Å². The molecule has 0 aromatic heterocycles. The summed E-state index contributed by atoms with van der Waals surface area (Å²) < 4.78 is 1.17. The second-order valence-electron chi connectivity index (χ2n) is 5.62. The van der Waals surface area contributed by atoms with Crippen molar-refractivity contribution in [2.75, 3.05) is 51.3 Å². The van der Waals surface area contributed by atoms with Gasteiger partial charge in [-0.3, -0.25) is 4.90 Å². The highest BCUT2D eigenvalue weighted by Gasteiger charge is 2.16. The third kappa shape index (κ3) is 4.42. The van der Waals surface area contributed by atoms with Crippen LogP contribution in [0, 0.1) is 0 Å². The van der Waals surface area contributed by atoms with E-state index in [0.29, 0.717) is 6.04 Å². The molecule has 0 saturated carbocycles. The smallest absolute Gasteiger partial charge is 0.0558 e. The quantitative estimate of drug-likeness (QED) is 0.849. The Morgan fingerprint density at radius 2 is 2.10 bits per heavy atom. The largest absolute Gasteiger partial charge is 0.395 e. The first-order valence-corrected chi connectivity index (χ1v) is 8.50. The van der Waals surface area contributed by atoms with Crippen LogP contribution in [-0.2, 0) is 0 Å². The van der Waals surface area contributed by atoms with Crippen LogP contribution in [-0.4, -0.2) is 56.4 Å². The predicted molar refractivity (Wildman–Crippen MR) is 92.0 cm³/mol. The molecule has 1 atom stereocenters. The number of benzene rings is 1. The molecular formula is C16H26BrN3O. The maximum atomic E-state index is 9.07. The van der Waals surface area contributed by atoms with Crippen molar-refractivity contribution in [3.8, 4) is 0 Å². The number of rotatable bonds is 5. The Morgan fingerprint density at radius 3 is 2.76 bits per heavy atom. The lowest BCUT2D eigenvalue weighted by atomic mass is 10.1. The van der Waals surface area contributed by atoms with Crippen LogP contribution in [0.25, 0.3) is 0 Å². The molecule has 2 N–H and O–H groups in total. The van der Waals surface area contributed by atoms with Crippen molar-refractivity contribution in [2.45, 2.75) is 19.4 Å². The Bertz CT molecular complexity index is 455. The lowest BCUT2D eigenvalue weighted by Crippen LogP contribution is -2.32. The maximum Gasteiger partial charge on any atom is 0.0558 e. The fourth-order valence-electron chi connectivity index (χ4n) is 2.81. The van der Waals surface area contributed by atoms with E-state index in [1.54, 1.807) is 0 Å². The number of nitrogens with zero attached hydrogens (tertiary/aromatic N) is 2. The standard InChI is InChI=1S/C16H26BrN3O/c1-13(18-2)15-5-4-14(12-16(15)17)20-7-3-6-19(8-9-20)10-11-21/h4-5,12-13,18,21H,3,6-11H2,1-2H3. The summed E-state index contributed by atoms with van der Waals surface area (Å²) in [5.74, 6) is 0. The normalized spacial score (nSPS) is 18.6. The average Bonchev–Trinajstić information content (AvgIpc) is 2.72. The Kier molecular flexibility index (Phi) is 6.48. The molecule has 4 nitrogen and oxygen atoms in total. The highest BCUT2D eigenvalue weighted by Crippen LogP contribution is 2.28. The highest BCUT2D eigenvalue weighted by molar-refractivity contribution is 9.10. The summed E-state index contributed by atoms with van der Waals surface area (Å²) in [6.45, 7) is 7.40. The summed E-state index contributed by atoms with van der Waals surface area (Å²) in [7, 11) is 1.98. The zero-order valence-corrected chi connectivity index (χ0v) is 14.6. The molecule has 1 fully saturated rings. The fraction of sp³-hybridized carbons (Fsp3) is 0.625. The van der Waals surface area contributed by atoms with E-state index in [2.05, 4.69) is 56.2 Å². The average molecular weight is 356 g/mol. The number of halogens is 1. The molecule has 1 heterocycles. The molecule has 5 heteroatoms. The van der Waals surface area contributed by atoms with Gasteiger partial charge >= 0.3 is 0 Å². The van der Waals surface area contributed by atoms with Gasteiger partial charge < -0.3 is 15.3 Å². The number of hydrogen-bond donors (Lipinski definition) is 2. The van der Waals surface area contributed by atoms with Crippen molar-refractivity contribution >= 4 is 21.6 Å². The first kappa shape index (κ1) is 16.7. The molecule has 1 aromatic carbocycles. The minimum absolute atomic E-state index is 0.252. The van der Waals surface area contributed by atoms with Crippen LogP contribution in [0.4, 0.5) is 5.69 Å². The third-order valence-electron chi connectivity index (χ3n) is 4.25. The van der Waals surface area contributed by atoms with Crippen molar-refractivity contribution in [1.82, 2.24) is 10.2 Å². The van der Waals surface area contributed by atoms with Crippen LogP contribution in [0.3, 0.4) is 0 Å². The molecule has 118 valence electrons. The van der Waals surface area contributed by atoms with Crippen molar-refractivity contribution in [2.24, 2.45) is 0 Å². The van der Waals surface area contributed by atoms with Gasteiger partial charge in [-0.1, -0.05) is 22.0 Å². The van der Waals surface area contributed by atoms with Crippen LogP contribution in [0.2, 0.25) is 0 Å². The Morgan fingerprint density at radius 1 is 1.29 bits per heavy atom. The van der Waals surface area contributed by atoms with Crippen LogP contribution in [0.5, 0.6) is 0 Å². The summed E-state index contributed by atoms with van der Waals surface area (Å²) >= 11 is 3.70. The molecule has 1 unspecified atom stereocenters. The molecular weight excluding hydrogens is 330 g/mol. The van der Waals surface area contributed by atoms with Crippen molar-refractivity contribution in [3.05, 3.63) is 28.2 Å². The highest BCUT2D eigenvalue weighted by atomic mass is 79.9. The Labute approximate surface area is 136 Å². The molecule has 0 radical (unpaired) electrons. The lowest BCUT2D eigenvalue weighted by Gasteiger charge is -2.24. The Hall–Kier alpha value is -0.620. The minimum Gasteiger partial charge on any atom is -0.395 e. The van der Waals surface area contributed by atoms with Gasteiger partial charge in [0.25, 0.3) is 0 Å². The molecule has 0 spiro atoms. The number of nitrogens with one attached hydrogen (secondary N) is 1. The van der Waals surface area contributed by atoms with Crippen LogP contribution >= 0.6 is 15.9 Å². The number of aliphatic hydroxyl groups is 1. The predicted octanol–water partition coefficient (Wildman–Crippen LogP) is 2.23. The van der Waals surface area contributed by atoms with E-state index in [1.165, 1.54) is 15.7 Å². The molecule has 21 heavy (non-hydrogen) atoms. The minimum atomic E-state index is 0.252. The van der Waals surface area contributed by atoms with Gasteiger partial charge in [0, 0.05) is 42.4 Å². The molecule has 0 aliphatic carbocycles. The Balaban J connectivity index is 2.06. The third-order valence-corrected chi connectivity index (χ3v) is 4.94. The van der Waals surface area contributed by atoms with Crippen LogP contribution in [0.15, 0.2) is 22.7 Å². The molecule has 1 aliphatic heterocycles. The van der Waals surface area contributed by atoms with Crippen molar-refractivity contribution < 1.29 is 5.11 Å². The molecule has 1 aliphatic rings. The first-order valence-electron chi connectivity index (χ1n) is 7.70. The van der Waals surface area contributed by atoms with E-state index in [1.807, 2.05) is 7.05 Å². The number of anilines is 1. The van der Waals surface area contributed by atoms with Crippen molar-refractivity contribution in [3.63, 3.8) is 0 Å². The van der Waals surface area contributed by atoms with Crippen LogP contribution < -0.4 is 10.2 Å². The van der Waals surface area contributed by atoms with Gasteiger partial charge in [-0.05, 0) is 44.6 Å². The van der Waals surface area contributed by atoms with E-state index in [9.17, 15) is 0 Å². The van der Waals surface area contributed by atoms with Gasteiger partial charge in [0.2, 0.25) is 0 Å². The zero-order chi connectivity index (χ0) is 15.2. The topological polar surface area (TPSA) is 38.7 Å². The van der Waals surface area contributed by atoms with Crippen LogP contribution in [0.1, 0.15) is 24.9 Å². The SMILES string of the molecule is CNC(C)c1ccc(N2CCCN(CCO)CC2)cc1Br. The fourth-order valence-corrected chi connectivity index (χ4v) is 3.52. The second-order valence-corrected chi connectivity index (χ2v) is 6.48. The van der Waals surface area contributed by atoms with Crippen molar-refractivity contribution in [1.29, 1.82) is 0 Å². The summed E-state index contributed by atoms with van der Waals surface area (Å²) in [6, 6.07) is 7.00. The maximum absolute atomic E-state index is 9.07. The van der Waals surface area contributed by atoms with Gasteiger partial charge in [0.05, 0.1) is 6.61 Å². The summed E-state index contributed by atoms with van der Waals surface area (Å²) in [5.41, 5.74) is 2.57. The first-order chi connectivity index (χ1) is 10.2. The second kappa shape index (κ2) is 8.13. The van der Waals surface area contributed by atoms with E-state index in [0.717, 1.165) is 39.1 Å². The number of β-amino-alcohol motifs (C(OH)–C–C–N with tert-alkyl or cyclic N) is 1. The van der Waals surface area contributed by atoms with E-state index in [-0.39, 0.29) is 6.61 Å². The molecule has 0 bridgehead atoms. The van der Waals surface area contributed by atoms with E-state index >= 15 is 0 Å². The van der Waals surface area contributed by atoms with E-state index in [4.69, 9.17) is 5.11 Å². The van der Waals surface area contributed by atoms with Gasteiger partial charge in [-0.2, -0.15) is 0 Å². The molecule has 2 rings (SSSR count). The molecule has 1 aromatic rings. The summed E-state index contributed by atoms with van der Waals surface area (Å²) in [5, 5.41) is 12.3. The lowest BCUT2D eigenvalue weighted by molar-refractivity contribution is 0.204. The van der Waals surface area contributed by atoms with E-state index < -0.39 is 0 Å². The zero-order valence-electron chi connectivity index (χ0n) is 13.0. The number of hydrogen-bond acceptors (Lipinski definition) is 4. The molecule has 1 saturated heterocycles. The van der Waals surface area contributed by atoms with Gasteiger partial charge in [-0.15, -0.1) is 0 Å². The summed E-state index contributed by atoms with van der Waals surface area (Å²) in [6.07, 6.45) is 1.15. The monoisotopic (exact) mass is 355 g/mol. The summed E-state index contributed by atoms with van der Waals surface area (Å²) in [4.78, 5) is 4.78. The van der Waals surface area contributed by atoms with Gasteiger partial charge in [-0.25, -0.2) is 0 Å². The molecule has 0 amide bonds. The van der Waals surface area contributed by atoms with Gasteiger partial charge in [0.1, 0.15) is 0 Å². The number of aliphatic hydroxyl groups excluding tert-OH is 1.